The Bertz CT molecular complexity index is 318. The highest BCUT2D eigenvalue weighted by molar-refractivity contribution is 9.13. The van der Waals surface area contributed by atoms with Crippen molar-refractivity contribution in [1.82, 2.24) is 0 Å². The van der Waals surface area contributed by atoms with Gasteiger partial charge in [-0.05, 0) is 44.3 Å². The van der Waals surface area contributed by atoms with Crippen molar-refractivity contribution in [3.8, 4) is 0 Å². The lowest BCUT2D eigenvalue weighted by atomic mass is 10.3. The van der Waals surface area contributed by atoms with Crippen LogP contribution in [-0.2, 0) is 9.47 Å². The Labute approximate surface area is 97.5 Å². The topological polar surface area (TPSA) is 18.5 Å². The lowest BCUT2D eigenvalue weighted by Gasteiger charge is -2.06. The second kappa shape index (κ2) is 3.98. The quantitative estimate of drug-likeness (QED) is 0.784. The van der Waals surface area contributed by atoms with Crippen molar-refractivity contribution in [3.63, 3.8) is 0 Å². The smallest absolute Gasteiger partial charge is 0.193 e. The second-order valence-corrected chi connectivity index (χ2v) is 5.92. The molecule has 0 bridgehead atoms. The first-order chi connectivity index (χ1) is 6.20. The van der Waals surface area contributed by atoms with Crippen molar-refractivity contribution in [2.45, 2.75) is 13.2 Å². The minimum Gasteiger partial charge on any atom is -0.345 e. The number of ether oxygens (including phenoxy) is 2. The first-order valence-electron chi connectivity index (χ1n) is 3.87. The first kappa shape index (κ1) is 10.1. The van der Waals surface area contributed by atoms with E-state index in [0.29, 0.717) is 13.2 Å². The zero-order valence-electron chi connectivity index (χ0n) is 6.97. The van der Waals surface area contributed by atoms with Gasteiger partial charge < -0.3 is 9.47 Å². The average molecular weight is 328 g/mol. The lowest BCUT2D eigenvalue weighted by molar-refractivity contribution is -0.0417. The molecule has 13 heavy (non-hydrogen) atoms. The van der Waals surface area contributed by atoms with Crippen molar-refractivity contribution in [2.75, 3.05) is 13.2 Å². The first-order valence-corrected chi connectivity index (χ1v) is 6.28. The van der Waals surface area contributed by atoms with E-state index in [1.54, 1.807) is 11.3 Å². The van der Waals surface area contributed by atoms with Crippen LogP contribution in [0, 0.1) is 6.92 Å². The third kappa shape index (κ3) is 1.85. The SMILES string of the molecule is Cc1c(C2OCCO2)sc(Br)c1Br. The molecular formula is C8H8Br2O2S. The van der Waals surface area contributed by atoms with Crippen molar-refractivity contribution >= 4 is 43.2 Å². The van der Waals surface area contributed by atoms with Crippen molar-refractivity contribution in [3.05, 3.63) is 18.7 Å². The minimum absolute atomic E-state index is 0.160. The fourth-order valence-electron chi connectivity index (χ4n) is 1.21. The van der Waals surface area contributed by atoms with Gasteiger partial charge in [0.15, 0.2) is 6.29 Å². The molecule has 1 fully saturated rings. The molecule has 1 aliphatic rings. The van der Waals surface area contributed by atoms with Gasteiger partial charge in [-0.2, -0.15) is 0 Å². The molecule has 2 heterocycles. The number of rotatable bonds is 1. The van der Waals surface area contributed by atoms with E-state index >= 15 is 0 Å². The summed E-state index contributed by atoms with van der Waals surface area (Å²) < 4.78 is 13.1. The zero-order chi connectivity index (χ0) is 9.42. The predicted octanol–water partition coefficient (Wildman–Crippen LogP) is 3.63. The molecule has 0 atom stereocenters. The van der Waals surface area contributed by atoms with Crippen LogP contribution in [0.25, 0.3) is 0 Å². The van der Waals surface area contributed by atoms with Crippen LogP contribution in [0.2, 0.25) is 0 Å². The van der Waals surface area contributed by atoms with E-state index in [2.05, 4.69) is 38.8 Å². The highest BCUT2D eigenvalue weighted by atomic mass is 79.9. The lowest BCUT2D eigenvalue weighted by Crippen LogP contribution is -1.96. The fourth-order valence-corrected chi connectivity index (χ4v) is 3.54. The van der Waals surface area contributed by atoms with E-state index in [0.717, 1.165) is 13.1 Å². The van der Waals surface area contributed by atoms with Gasteiger partial charge in [0.2, 0.25) is 0 Å². The molecule has 2 nitrogen and oxygen atoms in total. The van der Waals surface area contributed by atoms with Crippen molar-refractivity contribution in [1.29, 1.82) is 0 Å². The molecule has 0 unspecified atom stereocenters. The summed E-state index contributed by atoms with van der Waals surface area (Å²) in [5.41, 5.74) is 1.20. The summed E-state index contributed by atoms with van der Waals surface area (Å²) in [4.78, 5) is 1.15. The number of hydrogen-bond donors (Lipinski definition) is 0. The van der Waals surface area contributed by atoms with Gasteiger partial charge in [0, 0.05) is 4.47 Å². The standard InChI is InChI=1S/C8H8Br2O2S/c1-4-5(9)7(10)13-6(4)8-11-2-3-12-8/h8H,2-3H2,1H3. The fraction of sp³-hybridized carbons (Fsp3) is 0.500. The van der Waals surface area contributed by atoms with E-state index in [9.17, 15) is 0 Å². The van der Waals surface area contributed by atoms with Crippen molar-refractivity contribution < 1.29 is 9.47 Å². The van der Waals surface area contributed by atoms with E-state index in [-0.39, 0.29) is 6.29 Å². The average Bonchev–Trinajstić information content (AvgIpc) is 2.70. The molecule has 0 N–H and O–H groups in total. The van der Waals surface area contributed by atoms with Gasteiger partial charge in [0.05, 0.1) is 21.9 Å². The second-order valence-electron chi connectivity index (χ2n) is 2.75. The van der Waals surface area contributed by atoms with E-state index in [1.807, 2.05) is 0 Å². The van der Waals surface area contributed by atoms with Crippen LogP contribution in [0.15, 0.2) is 8.26 Å². The van der Waals surface area contributed by atoms with Crippen LogP contribution >= 0.6 is 43.2 Å². The molecule has 0 aliphatic carbocycles. The van der Waals surface area contributed by atoms with Crippen LogP contribution < -0.4 is 0 Å². The summed E-state index contributed by atoms with van der Waals surface area (Å²) in [7, 11) is 0. The number of hydrogen-bond acceptors (Lipinski definition) is 3. The van der Waals surface area contributed by atoms with Crippen LogP contribution in [-0.4, -0.2) is 13.2 Å². The summed E-state index contributed by atoms with van der Waals surface area (Å²) in [6, 6.07) is 0. The number of halogens is 2. The molecule has 0 aromatic carbocycles. The van der Waals surface area contributed by atoms with Crippen LogP contribution in [0.1, 0.15) is 16.7 Å². The molecule has 5 heteroatoms. The molecule has 0 amide bonds. The normalized spacial score (nSPS) is 18.4. The summed E-state index contributed by atoms with van der Waals surface area (Å²) in [5, 5.41) is 0. The molecule has 1 aliphatic heterocycles. The Morgan fingerprint density at radius 2 is 1.92 bits per heavy atom. The van der Waals surface area contributed by atoms with Gasteiger partial charge in [0.1, 0.15) is 0 Å². The van der Waals surface area contributed by atoms with Crippen LogP contribution in [0.3, 0.4) is 0 Å². The minimum atomic E-state index is -0.160. The van der Waals surface area contributed by atoms with Gasteiger partial charge in [0.25, 0.3) is 0 Å². The largest absolute Gasteiger partial charge is 0.345 e. The monoisotopic (exact) mass is 326 g/mol. The van der Waals surface area contributed by atoms with E-state index < -0.39 is 0 Å². The molecule has 0 saturated carbocycles. The molecule has 72 valence electrons. The third-order valence-electron chi connectivity index (χ3n) is 1.91. The molecule has 0 spiro atoms. The highest BCUT2D eigenvalue weighted by Crippen LogP contribution is 2.41. The van der Waals surface area contributed by atoms with Crippen LogP contribution in [0.5, 0.6) is 0 Å². The molecule has 0 radical (unpaired) electrons. The van der Waals surface area contributed by atoms with Gasteiger partial charge in [-0.15, -0.1) is 11.3 Å². The molecular weight excluding hydrogens is 320 g/mol. The van der Waals surface area contributed by atoms with Gasteiger partial charge in [-0.3, -0.25) is 0 Å². The summed E-state index contributed by atoms with van der Waals surface area (Å²) in [5.74, 6) is 0. The molecule has 1 aromatic rings. The third-order valence-corrected chi connectivity index (χ3v) is 5.68. The van der Waals surface area contributed by atoms with Crippen molar-refractivity contribution in [2.24, 2.45) is 0 Å². The molecule has 1 aromatic heterocycles. The maximum Gasteiger partial charge on any atom is 0.193 e. The van der Waals surface area contributed by atoms with E-state index in [4.69, 9.17) is 9.47 Å². The summed E-state index contributed by atoms with van der Waals surface area (Å²) in [6.45, 7) is 3.44. The number of thiophene rings is 1. The predicted molar refractivity (Wildman–Crippen MR) is 59.1 cm³/mol. The zero-order valence-corrected chi connectivity index (χ0v) is 11.0. The summed E-state index contributed by atoms with van der Waals surface area (Å²) >= 11 is 8.63. The Kier molecular flexibility index (Phi) is 3.10. The van der Waals surface area contributed by atoms with Gasteiger partial charge >= 0.3 is 0 Å². The maximum absolute atomic E-state index is 5.43. The summed E-state index contributed by atoms with van der Waals surface area (Å²) in [6.07, 6.45) is -0.160. The Balaban J connectivity index is 2.34. The Morgan fingerprint density at radius 1 is 1.31 bits per heavy atom. The van der Waals surface area contributed by atoms with Gasteiger partial charge in [-0.25, -0.2) is 0 Å². The van der Waals surface area contributed by atoms with Crippen LogP contribution in [0.4, 0.5) is 0 Å². The maximum atomic E-state index is 5.43. The van der Waals surface area contributed by atoms with E-state index in [1.165, 1.54) is 5.56 Å². The highest BCUT2D eigenvalue weighted by Gasteiger charge is 2.24. The molecule has 1 saturated heterocycles. The Morgan fingerprint density at radius 3 is 2.38 bits per heavy atom. The Hall–Kier alpha value is 0.580. The molecule has 2 rings (SSSR count). The van der Waals surface area contributed by atoms with Gasteiger partial charge in [-0.1, -0.05) is 0 Å².